The molecule has 0 bridgehead atoms. The first kappa shape index (κ1) is 14.9. The molecule has 6 heteroatoms. The van der Waals surface area contributed by atoms with E-state index in [0.29, 0.717) is 10.6 Å². The third-order valence-corrected chi connectivity index (χ3v) is 4.25. The molecule has 0 radical (unpaired) electrons. The Balaban J connectivity index is 2.01. The van der Waals surface area contributed by atoms with Gasteiger partial charge in [-0.2, -0.15) is 0 Å². The molecule has 0 fully saturated rings. The van der Waals surface area contributed by atoms with Crippen LogP contribution in [0.5, 0.6) is 0 Å². The van der Waals surface area contributed by atoms with Crippen molar-refractivity contribution >= 4 is 23.2 Å². The molecule has 0 saturated heterocycles. The minimum absolute atomic E-state index is 0.205. The quantitative estimate of drug-likeness (QED) is 0.536. The van der Waals surface area contributed by atoms with E-state index in [1.165, 1.54) is 0 Å². The van der Waals surface area contributed by atoms with E-state index >= 15 is 0 Å². The highest BCUT2D eigenvalue weighted by Gasteiger charge is 2.33. The highest BCUT2D eigenvalue weighted by atomic mass is 35.5. The average Bonchev–Trinajstić information content (AvgIpc) is 2.96. The third kappa shape index (κ3) is 2.80. The first-order valence-electron chi connectivity index (χ1n) is 6.66. The molecule has 4 nitrogen and oxygen atoms in total. The van der Waals surface area contributed by atoms with Crippen LogP contribution in [0, 0.1) is 5.21 Å². The second-order valence-corrected chi connectivity index (χ2v) is 5.62. The van der Waals surface area contributed by atoms with Gasteiger partial charge in [0.15, 0.2) is 0 Å². The highest BCUT2D eigenvalue weighted by Crippen LogP contribution is 2.35. The van der Waals surface area contributed by atoms with Gasteiger partial charge in [-0.1, -0.05) is 60.7 Å². The number of benzene rings is 2. The maximum absolute atomic E-state index is 11.9. The molecule has 0 aliphatic rings. The number of hydrogen-bond acceptors (Lipinski definition) is 3. The van der Waals surface area contributed by atoms with E-state index in [1.807, 2.05) is 60.7 Å². The summed E-state index contributed by atoms with van der Waals surface area (Å²) in [6.07, 6.45) is 0. The minimum Gasteiger partial charge on any atom is -0.359 e. The van der Waals surface area contributed by atoms with Crippen molar-refractivity contribution in [1.82, 2.24) is 5.16 Å². The van der Waals surface area contributed by atoms with Gasteiger partial charge >= 0.3 is 0 Å². The summed E-state index contributed by atoms with van der Waals surface area (Å²) in [4.78, 5) is 0.318. The van der Waals surface area contributed by atoms with E-state index in [0.717, 1.165) is 11.1 Å². The molecule has 0 N–H and O–H groups in total. The number of halogens is 2. The van der Waals surface area contributed by atoms with Crippen LogP contribution in [-0.4, -0.2) is 5.16 Å². The minimum atomic E-state index is -0.690. The predicted octanol–water partition coefficient (Wildman–Crippen LogP) is 3.96. The van der Waals surface area contributed by atoms with Gasteiger partial charge in [-0.05, 0) is 16.0 Å². The van der Waals surface area contributed by atoms with Crippen LogP contribution in [-0.2, 0) is 0 Å². The molecule has 2 unspecified atom stereocenters. The maximum Gasteiger partial charge on any atom is 0.245 e. The molecule has 0 saturated carbocycles. The lowest BCUT2D eigenvalue weighted by Gasteiger charge is -2.09. The lowest BCUT2D eigenvalue weighted by molar-refractivity contribution is -0.807. The number of nitrogens with zero attached hydrogens (tertiary/aromatic N) is 2. The van der Waals surface area contributed by atoms with Gasteiger partial charge in [0.1, 0.15) is 10.8 Å². The molecule has 0 aliphatic carbocycles. The number of aromatic nitrogens is 2. The van der Waals surface area contributed by atoms with Crippen molar-refractivity contribution in [3.05, 3.63) is 88.4 Å². The van der Waals surface area contributed by atoms with Crippen molar-refractivity contribution in [2.24, 2.45) is 0 Å². The van der Waals surface area contributed by atoms with Crippen molar-refractivity contribution in [1.29, 1.82) is 0 Å². The zero-order valence-corrected chi connectivity index (χ0v) is 12.9. The van der Waals surface area contributed by atoms with Gasteiger partial charge in [-0.3, -0.25) is 4.63 Å². The Morgan fingerprint density at radius 1 is 0.864 bits per heavy atom. The summed E-state index contributed by atoms with van der Waals surface area (Å²) >= 11 is 12.9. The Labute approximate surface area is 137 Å². The lowest BCUT2D eigenvalue weighted by atomic mass is 10.0. The molecule has 1 heterocycles. The summed E-state index contributed by atoms with van der Waals surface area (Å²) in [5.74, 6) is 0. The summed E-state index contributed by atoms with van der Waals surface area (Å²) in [6, 6.07) is 18.6. The number of hydrogen-bond donors (Lipinski definition) is 0. The molecule has 3 aromatic rings. The molecule has 1 aromatic heterocycles. The molecule has 22 heavy (non-hydrogen) atoms. The third-order valence-electron chi connectivity index (χ3n) is 3.34. The molecule has 112 valence electrons. The van der Waals surface area contributed by atoms with Crippen molar-refractivity contribution in [3.63, 3.8) is 0 Å². The topological polar surface area (TPSA) is 53.0 Å². The fraction of sp³-hybridized carbons (Fsp3) is 0.125. The second-order valence-electron chi connectivity index (χ2n) is 4.75. The van der Waals surface area contributed by atoms with E-state index in [-0.39, 0.29) is 5.69 Å². The van der Waals surface area contributed by atoms with Crippen LogP contribution < -0.4 is 4.90 Å². The van der Waals surface area contributed by atoms with Gasteiger partial charge in [-0.15, -0.1) is 23.2 Å². The Bertz CT molecular complexity index is 747. The van der Waals surface area contributed by atoms with Crippen LogP contribution in [0.1, 0.15) is 33.3 Å². The molecule has 3 rings (SSSR count). The van der Waals surface area contributed by atoms with E-state index in [1.54, 1.807) is 0 Å². The zero-order chi connectivity index (χ0) is 15.5. The lowest BCUT2D eigenvalue weighted by Crippen LogP contribution is -2.30. The Morgan fingerprint density at radius 3 is 1.91 bits per heavy atom. The van der Waals surface area contributed by atoms with Gasteiger partial charge in [0.05, 0.1) is 0 Å². The van der Waals surface area contributed by atoms with Crippen molar-refractivity contribution < 1.29 is 9.53 Å². The van der Waals surface area contributed by atoms with Crippen molar-refractivity contribution in [2.45, 2.75) is 10.8 Å². The summed E-state index contributed by atoms with van der Waals surface area (Å²) in [5.41, 5.74) is 2.12. The molecule has 0 aliphatic heterocycles. The van der Waals surface area contributed by atoms with Crippen LogP contribution in [0.2, 0.25) is 0 Å². The summed E-state index contributed by atoms with van der Waals surface area (Å²) in [5, 5.41) is 14.4. The maximum atomic E-state index is 11.9. The number of alkyl halides is 2. The molecule has 0 amide bonds. The molecule has 2 aromatic carbocycles. The van der Waals surface area contributed by atoms with Crippen molar-refractivity contribution in [3.8, 4) is 0 Å². The van der Waals surface area contributed by atoms with E-state index in [2.05, 4.69) is 5.16 Å². The van der Waals surface area contributed by atoms with Crippen LogP contribution in [0.3, 0.4) is 0 Å². The largest absolute Gasteiger partial charge is 0.359 e. The van der Waals surface area contributed by atoms with Gasteiger partial charge in [0.25, 0.3) is 0 Å². The van der Waals surface area contributed by atoms with Crippen LogP contribution >= 0.6 is 23.2 Å². The fourth-order valence-corrected chi connectivity index (χ4v) is 2.86. The van der Waals surface area contributed by atoms with Gasteiger partial charge in [0, 0.05) is 5.16 Å². The zero-order valence-electron chi connectivity index (χ0n) is 11.4. The molecule has 0 spiro atoms. The van der Waals surface area contributed by atoms with Crippen LogP contribution in [0.15, 0.2) is 65.3 Å². The Hall–Kier alpha value is -2.04. The van der Waals surface area contributed by atoms with Crippen LogP contribution in [0.4, 0.5) is 0 Å². The monoisotopic (exact) mass is 334 g/mol. The van der Waals surface area contributed by atoms with Crippen molar-refractivity contribution in [2.75, 3.05) is 0 Å². The average molecular weight is 335 g/mol. The fourth-order valence-electron chi connectivity index (χ4n) is 2.22. The number of rotatable bonds is 4. The SMILES string of the molecule is [O-][n+]1onc(C(Cl)c2ccccc2)c1C(Cl)c1ccccc1. The normalized spacial score (nSPS) is 13.7. The van der Waals surface area contributed by atoms with Gasteiger partial charge in [0.2, 0.25) is 11.4 Å². The van der Waals surface area contributed by atoms with Crippen LogP contribution in [0.25, 0.3) is 0 Å². The first-order valence-corrected chi connectivity index (χ1v) is 7.53. The predicted molar refractivity (Wildman–Crippen MR) is 83.7 cm³/mol. The molecule has 2 atom stereocenters. The van der Waals surface area contributed by atoms with E-state index < -0.39 is 10.8 Å². The summed E-state index contributed by atoms with van der Waals surface area (Å²) < 4.78 is 4.72. The standard InChI is InChI=1S/C16H12Cl2N2O2/c17-13(11-7-3-1-4-8-11)15-16(20(21)22-19-15)14(18)12-9-5-2-6-10-12/h1-10,13-14H. The smallest absolute Gasteiger partial charge is 0.245 e. The first-order chi connectivity index (χ1) is 10.7. The Kier molecular flexibility index (Phi) is 4.32. The summed E-state index contributed by atoms with van der Waals surface area (Å²) in [6.45, 7) is 0. The van der Waals surface area contributed by atoms with E-state index in [4.69, 9.17) is 27.8 Å². The molecular formula is C16H12Cl2N2O2. The van der Waals surface area contributed by atoms with Gasteiger partial charge < -0.3 is 5.21 Å². The second kappa shape index (κ2) is 6.38. The van der Waals surface area contributed by atoms with Gasteiger partial charge in [-0.25, -0.2) is 0 Å². The summed E-state index contributed by atoms with van der Waals surface area (Å²) in [7, 11) is 0. The van der Waals surface area contributed by atoms with E-state index in [9.17, 15) is 5.21 Å². The highest BCUT2D eigenvalue weighted by molar-refractivity contribution is 6.24. The molecular weight excluding hydrogens is 323 g/mol. The Morgan fingerprint density at radius 2 is 1.36 bits per heavy atom.